The van der Waals surface area contributed by atoms with Crippen LogP contribution in [0.3, 0.4) is 0 Å². The lowest BCUT2D eigenvalue weighted by Crippen LogP contribution is -2.41. The number of benzene rings is 1. The predicted molar refractivity (Wildman–Crippen MR) is 83.6 cm³/mol. The van der Waals surface area contributed by atoms with Gasteiger partial charge in [0.2, 0.25) is 11.8 Å². The zero-order valence-electron chi connectivity index (χ0n) is 13.4. The average Bonchev–Trinajstić information content (AvgIpc) is 2.36. The fraction of sp³-hybridized carbons (Fsp3) is 0.500. The molecule has 0 unspecified atom stereocenters. The highest BCUT2D eigenvalue weighted by molar-refractivity contribution is 5.98. The molecule has 0 fully saturated rings. The molecule has 1 aromatic carbocycles. The molecule has 5 nitrogen and oxygen atoms in total. The molecule has 21 heavy (non-hydrogen) atoms. The number of anilines is 1. The minimum Gasteiger partial charge on any atom is -0.383 e. The maximum Gasteiger partial charge on any atom is 0.240 e. The van der Waals surface area contributed by atoms with Gasteiger partial charge in [0.1, 0.15) is 6.54 Å². The Kier molecular flexibility index (Phi) is 6.37. The van der Waals surface area contributed by atoms with Crippen LogP contribution in [-0.2, 0) is 14.3 Å². The van der Waals surface area contributed by atoms with Crippen LogP contribution in [0.2, 0.25) is 0 Å². The van der Waals surface area contributed by atoms with Crippen molar-refractivity contribution < 1.29 is 14.3 Å². The highest BCUT2D eigenvalue weighted by atomic mass is 16.5. The second-order valence-electron chi connectivity index (χ2n) is 5.20. The van der Waals surface area contributed by atoms with Crippen molar-refractivity contribution in [1.29, 1.82) is 0 Å². The van der Waals surface area contributed by atoms with E-state index in [0.29, 0.717) is 13.2 Å². The van der Waals surface area contributed by atoms with Crippen molar-refractivity contribution in [2.45, 2.75) is 27.7 Å². The van der Waals surface area contributed by atoms with Gasteiger partial charge in [-0.25, -0.2) is 0 Å². The number of hydrogen-bond acceptors (Lipinski definition) is 3. The Morgan fingerprint density at radius 2 is 1.76 bits per heavy atom. The second kappa shape index (κ2) is 7.78. The van der Waals surface area contributed by atoms with Crippen LogP contribution in [0.4, 0.5) is 5.69 Å². The van der Waals surface area contributed by atoms with Crippen molar-refractivity contribution in [3.63, 3.8) is 0 Å². The quantitative estimate of drug-likeness (QED) is 0.812. The molecule has 1 rings (SSSR count). The normalized spacial score (nSPS) is 10.3. The maximum atomic E-state index is 11.9. The summed E-state index contributed by atoms with van der Waals surface area (Å²) in [5, 5.41) is 2.73. The summed E-state index contributed by atoms with van der Waals surface area (Å²) in [6, 6.07) is 4.03. The van der Waals surface area contributed by atoms with Gasteiger partial charge in [-0.1, -0.05) is 17.7 Å². The second-order valence-corrected chi connectivity index (χ2v) is 5.20. The van der Waals surface area contributed by atoms with Gasteiger partial charge in [0.15, 0.2) is 0 Å². The minimum atomic E-state index is -0.193. The molecule has 1 aromatic rings. The molecule has 0 spiro atoms. The first-order valence-electron chi connectivity index (χ1n) is 6.98. The Morgan fingerprint density at radius 1 is 1.19 bits per heavy atom. The van der Waals surface area contributed by atoms with Gasteiger partial charge in [0.25, 0.3) is 0 Å². The van der Waals surface area contributed by atoms with Crippen molar-refractivity contribution in [2.75, 3.05) is 31.7 Å². The number of nitrogens with zero attached hydrogens (tertiary/aromatic N) is 1. The van der Waals surface area contributed by atoms with E-state index in [4.69, 9.17) is 4.74 Å². The van der Waals surface area contributed by atoms with Crippen LogP contribution < -0.4 is 10.2 Å². The number of nitrogens with one attached hydrogen (secondary N) is 1. The van der Waals surface area contributed by atoms with Crippen LogP contribution in [0.5, 0.6) is 0 Å². The Morgan fingerprint density at radius 3 is 2.24 bits per heavy atom. The summed E-state index contributed by atoms with van der Waals surface area (Å²) in [6.45, 7) is 8.30. The van der Waals surface area contributed by atoms with E-state index in [2.05, 4.69) is 5.32 Å². The van der Waals surface area contributed by atoms with Gasteiger partial charge in [-0.15, -0.1) is 0 Å². The van der Waals surface area contributed by atoms with Crippen molar-refractivity contribution in [2.24, 2.45) is 0 Å². The first-order chi connectivity index (χ1) is 9.86. The molecule has 0 bridgehead atoms. The zero-order valence-corrected chi connectivity index (χ0v) is 13.4. The molecule has 0 saturated heterocycles. The smallest absolute Gasteiger partial charge is 0.240 e. The predicted octanol–water partition coefficient (Wildman–Crippen LogP) is 1.73. The van der Waals surface area contributed by atoms with E-state index in [1.54, 1.807) is 7.11 Å². The van der Waals surface area contributed by atoms with E-state index in [-0.39, 0.29) is 18.4 Å². The van der Waals surface area contributed by atoms with Gasteiger partial charge >= 0.3 is 0 Å². The van der Waals surface area contributed by atoms with E-state index >= 15 is 0 Å². The molecule has 0 atom stereocenters. The average molecular weight is 292 g/mol. The molecule has 0 aliphatic rings. The monoisotopic (exact) mass is 292 g/mol. The number of methoxy groups -OCH3 is 1. The summed E-state index contributed by atoms with van der Waals surface area (Å²) in [5.41, 5.74) is 3.94. The number of rotatable bonds is 6. The molecule has 1 N–H and O–H groups in total. The first-order valence-corrected chi connectivity index (χ1v) is 6.98. The Bertz CT molecular complexity index is 503. The number of hydrogen-bond donors (Lipinski definition) is 1. The molecule has 0 aromatic heterocycles. The van der Waals surface area contributed by atoms with Gasteiger partial charge in [0.05, 0.1) is 12.3 Å². The molecule has 0 aliphatic heterocycles. The summed E-state index contributed by atoms with van der Waals surface area (Å²) < 4.78 is 4.89. The van der Waals surface area contributed by atoms with E-state index in [1.165, 1.54) is 11.8 Å². The lowest BCUT2D eigenvalue weighted by molar-refractivity contribution is -0.123. The van der Waals surface area contributed by atoms with Crippen LogP contribution in [0, 0.1) is 20.8 Å². The minimum absolute atomic E-state index is 0.0176. The van der Waals surface area contributed by atoms with Crippen LogP contribution in [0.25, 0.3) is 0 Å². The SMILES string of the molecule is COCCNC(=O)CN(C(C)=O)c1c(C)cc(C)cc1C. The van der Waals surface area contributed by atoms with Gasteiger partial charge in [-0.3, -0.25) is 9.59 Å². The fourth-order valence-electron chi connectivity index (χ4n) is 2.44. The standard InChI is InChI=1S/C16H24N2O3/c1-11-8-12(2)16(13(3)9-11)18(14(4)19)10-15(20)17-6-7-21-5/h8-9H,6-7,10H2,1-5H3,(H,17,20). The highest BCUT2D eigenvalue weighted by Crippen LogP contribution is 2.26. The van der Waals surface area contributed by atoms with Crippen molar-refractivity contribution in [3.05, 3.63) is 28.8 Å². The van der Waals surface area contributed by atoms with E-state index in [0.717, 1.165) is 22.4 Å². The largest absolute Gasteiger partial charge is 0.383 e. The summed E-state index contributed by atoms with van der Waals surface area (Å²) in [5.74, 6) is -0.339. The third-order valence-electron chi connectivity index (χ3n) is 3.22. The van der Waals surface area contributed by atoms with Crippen molar-refractivity contribution >= 4 is 17.5 Å². The number of ether oxygens (including phenoxy) is 1. The third kappa shape index (κ3) is 4.86. The number of carbonyl (C=O) groups is 2. The number of amides is 2. The maximum absolute atomic E-state index is 11.9. The van der Waals surface area contributed by atoms with Gasteiger partial charge in [0, 0.05) is 20.6 Å². The van der Waals surface area contributed by atoms with E-state index in [9.17, 15) is 9.59 Å². The van der Waals surface area contributed by atoms with Crippen LogP contribution in [-0.4, -0.2) is 38.6 Å². The molecule has 5 heteroatoms. The molecule has 2 amide bonds. The molecular formula is C16H24N2O3. The molecular weight excluding hydrogens is 268 g/mol. The first kappa shape index (κ1) is 17.2. The Hall–Kier alpha value is -1.88. The Balaban J connectivity index is 2.93. The molecule has 116 valence electrons. The lowest BCUT2D eigenvalue weighted by atomic mass is 10.0. The zero-order chi connectivity index (χ0) is 16.0. The van der Waals surface area contributed by atoms with Gasteiger partial charge < -0.3 is 15.0 Å². The highest BCUT2D eigenvalue weighted by Gasteiger charge is 2.19. The molecule has 0 aliphatic carbocycles. The summed E-state index contributed by atoms with van der Waals surface area (Å²) in [6.07, 6.45) is 0. The number of aryl methyl sites for hydroxylation is 3. The summed E-state index contributed by atoms with van der Waals surface area (Å²) >= 11 is 0. The summed E-state index contributed by atoms with van der Waals surface area (Å²) in [7, 11) is 1.58. The van der Waals surface area contributed by atoms with E-state index < -0.39 is 0 Å². The fourth-order valence-corrected chi connectivity index (χ4v) is 2.44. The van der Waals surface area contributed by atoms with Crippen molar-refractivity contribution in [1.82, 2.24) is 5.32 Å². The Labute approximate surface area is 126 Å². The third-order valence-corrected chi connectivity index (χ3v) is 3.22. The molecule has 0 saturated carbocycles. The van der Waals surface area contributed by atoms with Crippen molar-refractivity contribution in [3.8, 4) is 0 Å². The van der Waals surface area contributed by atoms with Crippen LogP contribution in [0.15, 0.2) is 12.1 Å². The van der Waals surface area contributed by atoms with Gasteiger partial charge in [-0.05, 0) is 31.9 Å². The lowest BCUT2D eigenvalue weighted by Gasteiger charge is -2.25. The van der Waals surface area contributed by atoms with Crippen LogP contribution >= 0.6 is 0 Å². The topological polar surface area (TPSA) is 58.6 Å². The summed E-state index contributed by atoms with van der Waals surface area (Å²) in [4.78, 5) is 25.4. The van der Waals surface area contributed by atoms with Gasteiger partial charge in [-0.2, -0.15) is 0 Å². The molecule has 0 radical (unpaired) electrons. The van der Waals surface area contributed by atoms with E-state index in [1.807, 2.05) is 32.9 Å². The molecule has 0 heterocycles. The van der Waals surface area contributed by atoms with Crippen LogP contribution in [0.1, 0.15) is 23.6 Å². The number of carbonyl (C=O) groups excluding carboxylic acids is 2.